The summed E-state index contributed by atoms with van der Waals surface area (Å²) in [6, 6.07) is 9.68. The molecule has 0 aromatic heterocycles. The van der Waals surface area contributed by atoms with Crippen LogP contribution in [0.5, 0.6) is 5.75 Å². The Balaban J connectivity index is 2.61. The van der Waals surface area contributed by atoms with Crippen LogP contribution in [-0.4, -0.2) is 18.6 Å². The Bertz CT molecular complexity index is 465. The molecule has 4 nitrogen and oxygen atoms in total. The average molecular weight is 260 g/mol. The highest BCUT2D eigenvalue weighted by Crippen LogP contribution is 2.18. The van der Waals surface area contributed by atoms with Crippen LogP contribution in [0.25, 0.3) is 0 Å². The van der Waals surface area contributed by atoms with E-state index >= 15 is 0 Å². The number of benzene rings is 1. The van der Waals surface area contributed by atoms with E-state index in [9.17, 15) is 4.79 Å². The van der Waals surface area contributed by atoms with Gasteiger partial charge in [0.15, 0.2) is 6.10 Å². The molecule has 0 saturated heterocycles. The van der Waals surface area contributed by atoms with Crippen molar-refractivity contribution in [3.63, 3.8) is 0 Å². The van der Waals surface area contributed by atoms with E-state index in [1.807, 2.05) is 38.1 Å². The lowest BCUT2D eigenvalue weighted by atomic mass is 10.2. The summed E-state index contributed by atoms with van der Waals surface area (Å²) in [7, 11) is 0. The van der Waals surface area contributed by atoms with E-state index in [4.69, 9.17) is 10.00 Å². The Kier molecular flexibility index (Phi) is 5.87. The van der Waals surface area contributed by atoms with Gasteiger partial charge in [-0.1, -0.05) is 25.1 Å². The molecular formula is C15H20N2O2. The molecular weight excluding hydrogens is 240 g/mol. The zero-order valence-electron chi connectivity index (χ0n) is 11.6. The molecule has 0 unspecified atom stereocenters. The van der Waals surface area contributed by atoms with Crippen molar-refractivity contribution >= 4 is 5.91 Å². The molecule has 1 amide bonds. The number of nitriles is 1. The Morgan fingerprint density at radius 1 is 1.47 bits per heavy atom. The highest BCUT2D eigenvalue weighted by molar-refractivity contribution is 5.81. The van der Waals surface area contributed by atoms with Gasteiger partial charge in [-0.15, -0.1) is 0 Å². The van der Waals surface area contributed by atoms with Gasteiger partial charge in [-0.05, 0) is 31.9 Å². The second-order valence-electron chi connectivity index (χ2n) is 4.56. The quantitative estimate of drug-likeness (QED) is 0.854. The summed E-state index contributed by atoms with van der Waals surface area (Å²) < 4.78 is 5.73. The van der Waals surface area contributed by atoms with Crippen LogP contribution in [0.15, 0.2) is 24.3 Å². The number of nitrogens with zero attached hydrogens (tertiary/aromatic N) is 1. The Morgan fingerprint density at radius 3 is 2.74 bits per heavy atom. The third kappa shape index (κ3) is 4.63. The van der Waals surface area contributed by atoms with Gasteiger partial charge in [0.25, 0.3) is 5.91 Å². The Morgan fingerprint density at radius 2 is 2.16 bits per heavy atom. The molecule has 0 aliphatic heterocycles. The molecule has 1 aromatic rings. The van der Waals surface area contributed by atoms with Gasteiger partial charge in [0, 0.05) is 6.54 Å². The average Bonchev–Trinajstić information content (AvgIpc) is 2.43. The maximum atomic E-state index is 12.0. The van der Waals surface area contributed by atoms with E-state index in [1.165, 1.54) is 0 Å². The van der Waals surface area contributed by atoms with Gasteiger partial charge in [0.2, 0.25) is 0 Å². The fraction of sp³-hybridized carbons (Fsp3) is 0.467. The smallest absolute Gasteiger partial charge is 0.261 e. The minimum Gasteiger partial charge on any atom is -0.480 e. The summed E-state index contributed by atoms with van der Waals surface area (Å²) in [4.78, 5) is 12.0. The first kappa shape index (κ1) is 15.0. The zero-order valence-corrected chi connectivity index (χ0v) is 11.6. The van der Waals surface area contributed by atoms with Crippen molar-refractivity contribution in [2.75, 3.05) is 6.54 Å². The third-order valence-electron chi connectivity index (χ3n) is 2.83. The maximum Gasteiger partial charge on any atom is 0.261 e. The SMILES string of the molecule is CC[C@@H](Oc1ccccc1C)C(=O)NC[C@H](C)C#N. The summed E-state index contributed by atoms with van der Waals surface area (Å²) in [6.45, 7) is 5.96. The lowest BCUT2D eigenvalue weighted by Crippen LogP contribution is -2.39. The number of carbonyl (C=O) groups is 1. The van der Waals surface area contributed by atoms with Crippen molar-refractivity contribution in [2.24, 2.45) is 5.92 Å². The van der Waals surface area contributed by atoms with E-state index in [2.05, 4.69) is 11.4 Å². The van der Waals surface area contributed by atoms with E-state index in [0.29, 0.717) is 13.0 Å². The van der Waals surface area contributed by atoms with Crippen LogP contribution >= 0.6 is 0 Å². The topological polar surface area (TPSA) is 62.1 Å². The van der Waals surface area contributed by atoms with Gasteiger partial charge in [-0.25, -0.2) is 0 Å². The molecule has 102 valence electrons. The van der Waals surface area contributed by atoms with Crippen LogP contribution in [0.2, 0.25) is 0 Å². The second kappa shape index (κ2) is 7.42. The fourth-order valence-electron chi connectivity index (χ4n) is 1.58. The largest absolute Gasteiger partial charge is 0.480 e. The number of hydrogen-bond donors (Lipinski definition) is 1. The van der Waals surface area contributed by atoms with Crippen molar-refractivity contribution in [3.05, 3.63) is 29.8 Å². The van der Waals surface area contributed by atoms with Crippen LogP contribution < -0.4 is 10.1 Å². The molecule has 0 aliphatic rings. The molecule has 4 heteroatoms. The third-order valence-corrected chi connectivity index (χ3v) is 2.83. The van der Waals surface area contributed by atoms with E-state index in [-0.39, 0.29) is 11.8 Å². The molecule has 0 spiro atoms. The number of carbonyl (C=O) groups excluding carboxylic acids is 1. The monoisotopic (exact) mass is 260 g/mol. The number of rotatable bonds is 6. The molecule has 1 aromatic carbocycles. The Hall–Kier alpha value is -2.02. The highest BCUT2D eigenvalue weighted by atomic mass is 16.5. The van der Waals surface area contributed by atoms with Gasteiger partial charge < -0.3 is 10.1 Å². The lowest BCUT2D eigenvalue weighted by molar-refractivity contribution is -0.128. The number of aryl methyl sites for hydroxylation is 1. The van der Waals surface area contributed by atoms with E-state index < -0.39 is 6.10 Å². The van der Waals surface area contributed by atoms with Crippen LogP contribution in [0, 0.1) is 24.2 Å². The molecule has 0 radical (unpaired) electrons. The molecule has 0 bridgehead atoms. The van der Waals surface area contributed by atoms with Crippen LogP contribution in [0.4, 0.5) is 0 Å². The summed E-state index contributed by atoms with van der Waals surface area (Å²) in [5.74, 6) is 0.352. The minimum atomic E-state index is -0.521. The van der Waals surface area contributed by atoms with Crippen LogP contribution in [0.1, 0.15) is 25.8 Å². The van der Waals surface area contributed by atoms with Gasteiger partial charge in [-0.2, -0.15) is 5.26 Å². The first-order chi connectivity index (χ1) is 9.08. The fourth-order valence-corrected chi connectivity index (χ4v) is 1.58. The van der Waals surface area contributed by atoms with Crippen LogP contribution in [-0.2, 0) is 4.79 Å². The summed E-state index contributed by atoms with van der Waals surface area (Å²) in [6.07, 6.45) is 0.0631. The number of ether oxygens (including phenoxy) is 1. The van der Waals surface area contributed by atoms with Crippen molar-refractivity contribution in [3.8, 4) is 11.8 Å². The van der Waals surface area contributed by atoms with Crippen LogP contribution in [0.3, 0.4) is 0 Å². The lowest BCUT2D eigenvalue weighted by Gasteiger charge is -2.18. The van der Waals surface area contributed by atoms with E-state index in [0.717, 1.165) is 11.3 Å². The summed E-state index contributed by atoms with van der Waals surface area (Å²) in [5.41, 5.74) is 0.999. The second-order valence-corrected chi connectivity index (χ2v) is 4.56. The van der Waals surface area contributed by atoms with Gasteiger partial charge >= 0.3 is 0 Å². The molecule has 0 saturated carbocycles. The molecule has 1 N–H and O–H groups in total. The van der Waals surface area contributed by atoms with Gasteiger partial charge in [0.1, 0.15) is 5.75 Å². The standard InChI is InChI=1S/C15H20N2O2/c1-4-13(15(18)17-10-11(2)9-16)19-14-8-6-5-7-12(14)3/h5-8,11,13H,4,10H2,1-3H3,(H,17,18)/t11-,13-/m1/s1. The van der Waals surface area contributed by atoms with Crippen molar-refractivity contribution < 1.29 is 9.53 Å². The predicted molar refractivity (Wildman–Crippen MR) is 73.7 cm³/mol. The maximum absolute atomic E-state index is 12.0. The van der Waals surface area contributed by atoms with Crippen molar-refractivity contribution in [1.82, 2.24) is 5.32 Å². The number of amides is 1. The first-order valence-electron chi connectivity index (χ1n) is 6.48. The molecule has 19 heavy (non-hydrogen) atoms. The minimum absolute atomic E-state index is 0.173. The van der Waals surface area contributed by atoms with Gasteiger partial charge in [0.05, 0.1) is 12.0 Å². The molecule has 0 heterocycles. The normalized spacial score (nSPS) is 13.2. The molecule has 0 aliphatic carbocycles. The zero-order chi connectivity index (χ0) is 14.3. The van der Waals surface area contributed by atoms with E-state index in [1.54, 1.807) is 6.92 Å². The van der Waals surface area contributed by atoms with Gasteiger partial charge in [-0.3, -0.25) is 4.79 Å². The summed E-state index contributed by atoms with van der Waals surface area (Å²) in [5, 5.41) is 11.4. The number of nitrogens with one attached hydrogen (secondary N) is 1. The van der Waals surface area contributed by atoms with Crippen molar-refractivity contribution in [2.45, 2.75) is 33.3 Å². The Labute approximate surface area is 114 Å². The molecule has 0 fully saturated rings. The first-order valence-corrected chi connectivity index (χ1v) is 6.48. The molecule has 1 rings (SSSR count). The number of para-hydroxylation sites is 1. The number of hydrogen-bond acceptors (Lipinski definition) is 3. The summed E-state index contributed by atoms with van der Waals surface area (Å²) >= 11 is 0. The predicted octanol–water partition coefficient (Wildman–Crippen LogP) is 2.43. The highest BCUT2D eigenvalue weighted by Gasteiger charge is 2.19. The molecule has 2 atom stereocenters. The van der Waals surface area contributed by atoms with Crippen molar-refractivity contribution in [1.29, 1.82) is 5.26 Å².